The third kappa shape index (κ3) is 3.41. The summed E-state index contributed by atoms with van der Waals surface area (Å²) in [7, 11) is 4.05. The van der Waals surface area contributed by atoms with Crippen molar-refractivity contribution in [2.75, 3.05) is 24.7 Å². The zero-order valence-corrected chi connectivity index (χ0v) is 11.7. The molecule has 0 aromatic heterocycles. The molecule has 2 N–H and O–H groups in total. The van der Waals surface area contributed by atoms with Crippen molar-refractivity contribution in [3.05, 3.63) is 53.6 Å². The van der Waals surface area contributed by atoms with E-state index in [0.29, 0.717) is 12.3 Å². The van der Waals surface area contributed by atoms with Gasteiger partial charge < -0.3 is 15.4 Å². The van der Waals surface area contributed by atoms with Gasteiger partial charge in [-0.25, -0.2) is 0 Å². The predicted molar refractivity (Wildman–Crippen MR) is 80.7 cm³/mol. The highest BCUT2D eigenvalue weighted by molar-refractivity contribution is 5.54. The van der Waals surface area contributed by atoms with Crippen LogP contribution in [0.5, 0.6) is 5.75 Å². The summed E-state index contributed by atoms with van der Waals surface area (Å²) < 4.78 is 5.79. The average molecular weight is 256 g/mol. The van der Waals surface area contributed by atoms with Crippen LogP contribution in [0.2, 0.25) is 0 Å². The van der Waals surface area contributed by atoms with Gasteiger partial charge in [0.1, 0.15) is 12.4 Å². The van der Waals surface area contributed by atoms with Gasteiger partial charge in [0.15, 0.2) is 0 Å². The number of hydrogen-bond donors (Lipinski definition) is 1. The number of hydrogen-bond acceptors (Lipinski definition) is 3. The van der Waals surface area contributed by atoms with Crippen molar-refractivity contribution in [2.24, 2.45) is 0 Å². The number of nitrogens with two attached hydrogens (primary N) is 1. The van der Waals surface area contributed by atoms with Gasteiger partial charge in [-0.2, -0.15) is 0 Å². The van der Waals surface area contributed by atoms with Gasteiger partial charge in [0.25, 0.3) is 0 Å². The van der Waals surface area contributed by atoms with E-state index in [1.807, 2.05) is 45.3 Å². The molecule has 0 fully saturated rings. The lowest BCUT2D eigenvalue weighted by Gasteiger charge is -2.14. The number of nitrogens with zero attached hydrogens (tertiary/aromatic N) is 1. The number of rotatable bonds is 4. The van der Waals surface area contributed by atoms with Crippen LogP contribution in [0.15, 0.2) is 42.5 Å². The highest BCUT2D eigenvalue weighted by Gasteiger charge is 2.02. The number of ether oxygens (including phenoxy) is 1. The van der Waals surface area contributed by atoms with Crippen molar-refractivity contribution in [1.29, 1.82) is 0 Å². The van der Waals surface area contributed by atoms with Crippen molar-refractivity contribution in [3.8, 4) is 5.75 Å². The van der Waals surface area contributed by atoms with E-state index in [0.717, 1.165) is 16.9 Å². The van der Waals surface area contributed by atoms with E-state index in [1.165, 1.54) is 5.69 Å². The van der Waals surface area contributed by atoms with E-state index in [-0.39, 0.29) is 0 Å². The van der Waals surface area contributed by atoms with Crippen LogP contribution in [0.25, 0.3) is 0 Å². The monoisotopic (exact) mass is 256 g/mol. The minimum atomic E-state index is 0.523. The van der Waals surface area contributed by atoms with E-state index in [1.54, 1.807) is 0 Å². The molecule has 3 nitrogen and oxygen atoms in total. The minimum absolute atomic E-state index is 0.523. The van der Waals surface area contributed by atoms with E-state index in [2.05, 4.69) is 23.1 Å². The van der Waals surface area contributed by atoms with Crippen LogP contribution in [0.3, 0.4) is 0 Å². The molecule has 100 valence electrons. The molecule has 0 spiro atoms. The molecule has 0 aliphatic carbocycles. The van der Waals surface area contributed by atoms with Gasteiger partial charge >= 0.3 is 0 Å². The standard InChI is InChI=1S/C16H20N2O/c1-12-7-8-15(17)16(9-12)19-11-13-5-4-6-14(10-13)18(2)3/h4-10H,11,17H2,1-3H3. The molecule has 0 aliphatic heterocycles. The normalized spacial score (nSPS) is 10.3. The van der Waals surface area contributed by atoms with Gasteiger partial charge in [-0.3, -0.25) is 0 Å². The maximum Gasteiger partial charge on any atom is 0.142 e. The van der Waals surface area contributed by atoms with E-state index in [9.17, 15) is 0 Å². The van der Waals surface area contributed by atoms with E-state index < -0.39 is 0 Å². The molecule has 2 aromatic rings. The Morgan fingerprint density at radius 3 is 2.63 bits per heavy atom. The fraction of sp³-hybridized carbons (Fsp3) is 0.250. The van der Waals surface area contributed by atoms with E-state index >= 15 is 0 Å². The summed E-state index contributed by atoms with van der Waals surface area (Å²) in [6.45, 7) is 2.55. The number of anilines is 2. The summed E-state index contributed by atoms with van der Waals surface area (Å²) in [5.41, 5.74) is 10.0. The largest absolute Gasteiger partial charge is 0.487 e. The molecule has 0 bridgehead atoms. The van der Waals surface area contributed by atoms with Gasteiger partial charge in [-0.05, 0) is 42.3 Å². The first-order valence-corrected chi connectivity index (χ1v) is 6.31. The van der Waals surface area contributed by atoms with Crippen molar-refractivity contribution >= 4 is 11.4 Å². The number of aryl methyl sites for hydroxylation is 1. The summed E-state index contributed by atoms with van der Waals surface area (Å²) in [4.78, 5) is 2.07. The lowest BCUT2D eigenvalue weighted by Crippen LogP contribution is -2.09. The molecular weight excluding hydrogens is 236 g/mol. The topological polar surface area (TPSA) is 38.5 Å². The maximum absolute atomic E-state index is 5.90. The fourth-order valence-corrected chi connectivity index (χ4v) is 1.85. The van der Waals surface area contributed by atoms with Crippen molar-refractivity contribution < 1.29 is 4.74 Å². The summed E-state index contributed by atoms with van der Waals surface area (Å²) in [5.74, 6) is 0.746. The second-order valence-electron chi connectivity index (χ2n) is 4.89. The number of benzene rings is 2. The first-order valence-electron chi connectivity index (χ1n) is 6.31. The van der Waals surface area contributed by atoms with Gasteiger partial charge in [0.05, 0.1) is 5.69 Å². The van der Waals surface area contributed by atoms with Crippen LogP contribution >= 0.6 is 0 Å². The van der Waals surface area contributed by atoms with E-state index in [4.69, 9.17) is 10.5 Å². The molecular formula is C16H20N2O. The van der Waals surface area contributed by atoms with Crippen LogP contribution in [0.1, 0.15) is 11.1 Å². The van der Waals surface area contributed by atoms with Crippen molar-refractivity contribution in [1.82, 2.24) is 0 Å². The summed E-state index contributed by atoms with van der Waals surface area (Å²) >= 11 is 0. The Hall–Kier alpha value is -2.16. The summed E-state index contributed by atoms with van der Waals surface area (Å²) in [5, 5.41) is 0. The molecule has 2 rings (SSSR count). The van der Waals surface area contributed by atoms with Crippen LogP contribution < -0.4 is 15.4 Å². The fourth-order valence-electron chi connectivity index (χ4n) is 1.85. The Morgan fingerprint density at radius 2 is 1.89 bits per heavy atom. The van der Waals surface area contributed by atoms with Gasteiger partial charge in [-0.1, -0.05) is 18.2 Å². The first-order chi connectivity index (χ1) is 9.06. The lowest BCUT2D eigenvalue weighted by atomic mass is 10.2. The Bertz CT molecular complexity index is 564. The minimum Gasteiger partial charge on any atom is -0.487 e. The van der Waals surface area contributed by atoms with Crippen LogP contribution in [0, 0.1) is 6.92 Å². The SMILES string of the molecule is Cc1ccc(N)c(OCc2cccc(N(C)C)c2)c1. The van der Waals surface area contributed by atoms with Gasteiger partial charge in [0, 0.05) is 19.8 Å². The third-order valence-electron chi connectivity index (χ3n) is 2.99. The molecule has 0 unspecified atom stereocenters. The Balaban J connectivity index is 2.10. The Labute approximate surface area is 114 Å². The lowest BCUT2D eigenvalue weighted by molar-refractivity contribution is 0.308. The molecule has 0 radical (unpaired) electrons. The second-order valence-corrected chi connectivity index (χ2v) is 4.89. The van der Waals surface area contributed by atoms with Crippen molar-refractivity contribution in [2.45, 2.75) is 13.5 Å². The van der Waals surface area contributed by atoms with Crippen LogP contribution in [0.4, 0.5) is 11.4 Å². The predicted octanol–water partition coefficient (Wildman–Crippen LogP) is 3.22. The smallest absolute Gasteiger partial charge is 0.142 e. The molecule has 0 atom stereocenters. The number of nitrogen functional groups attached to an aromatic ring is 1. The molecule has 3 heteroatoms. The van der Waals surface area contributed by atoms with Crippen LogP contribution in [-0.2, 0) is 6.61 Å². The Morgan fingerprint density at radius 1 is 1.11 bits per heavy atom. The molecule has 0 aliphatic rings. The molecule has 0 heterocycles. The maximum atomic E-state index is 5.90. The van der Waals surface area contributed by atoms with Gasteiger partial charge in [-0.15, -0.1) is 0 Å². The highest BCUT2D eigenvalue weighted by atomic mass is 16.5. The average Bonchev–Trinajstić information content (AvgIpc) is 2.40. The summed E-state index contributed by atoms with van der Waals surface area (Å²) in [6, 6.07) is 14.1. The quantitative estimate of drug-likeness (QED) is 0.854. The van der Waals surface area contributed by atoms with Gasteiger partial charge in [0.2, 0.25) is 0 Å². The second kappa shape index (κ2) is 5.65. The molecule has 0 saturated heterocycles. The molecule has 19 heavy (non-hydrogen) atoms. The summed E-state index contributed by atoms with van der Waals surface area (Å²) in [6.07, 6.45) is 0. The van der Waals surface area contributed by atoms with Crippen LogP contribution in [-0.4, -0.2) is 14.1 Å². The zero-order valence-electron chi connectivity index (χ0n) is 11.7. The zero-order chi connectivity index (χ0) is 13.8. The van der Waals surface area contributed by atoms with Crippen molar-refractivity contribution in [3.63, 3.8) is 0 Å². The third-order valence-corrected chi connectivity index (χ3v) is 2.99. The first kappa shape index (κ1) is 13.3. The highest BCUT2D eigenvalue weighted by Crippen LogP contribution is 2.24. The molecule has 0 amide bonds. The molecule has 0 saturated carbocycles. The molecule has 2 aromatic carbocycles. The Kier molecular flexibility index (Phi) is 3.95.